The SMILES string of the molecule is CC1CCC(CN)CN1CC(=O)Nc1ncc(Cl)cc1Cl. The first-order valence-corrected chi connectivity index (χ1v) is 7.80. The van der Waals surface area contributed by atoms with E-state index in [4.69, 9.17) is 28.9 Å². The van der Waals surface area contributed by atoms with Gasteiger partial charge in [-0.25, -0.2) is 4.98 Å². The first kappa shape index (κ1) is 16.5. The summed E-state index contributed by atoms with van der Waals surface area (Å²) >= 11 is 11.8. The van der Waals surface area contributed by atoms with E-state index in [1.54, 1.807) is 6.07 Å². The Balaban J connectivity index is 1.94. The molecule has 2 rings (SSSR count). The second kappa shape index (κ2) is 7.40. The van der Waals surface area contributed by atoms with E-state index in [1.807, 2.05) is 0 Å². The van der Waals surface area contributed by atoms with E-state index >= 15 is 0 Å². The van der Waals surface area contributed by atoms with Gasteiger partial charge in [0.2, 0.25) is 5.91 Å². The summed E-state index contributed by atoms with van der Waals surface area (Å²) in [5.41, 5.74) is 5.73. The number of anilines is 1. The molecule has 7 heteroatoms. The molecule has 0 radical (unpaired) electrons. The molecule has 0 aromatic carbocycles. The highest BCUT2D eigenvalue weighted by molar-refractivity contribution is 6.36. The zero-order chi connectivity index (χ0) is 15.4. The molecular formula is C14H20Cl2N4O. The number of rotatable bonds is 4. The molecule has 1 aromatic heterocycles. The van der Waals surface area contributed by atoms with Crippen molar-refractivity contribution in [2.75, 3.05) is 25.0 Å². The van der Waals surface area contributed by atoms with Crippen molar-refractivity contribution < 1.29 is 4.79 Å². The molecule has 1 aliphatic heterocycles. The molecule has 0 bridgehead atoms. The second-order valence-corrected chi connectivity index (χ2v) is 6.33. The Morgan fingerprint density at radius 1 is 1.52 bits per heavy atom. The molecule has 0 aliphatic carbocycles. The van der Waals surface area contributed by atoms with Gasteiger partial charge in [-0.2, -0.15) is 0 Å². The number of nitrogens with one attached hydrogen (secondary N) is 1. The Kier molecular flexibility index (Phi) is 5.81. The molecule has 1 aromatic rings. The molecule has 0 saturated carbocycles. The summed E-state index contributed by atoms with van der Waals surface area (Å²) in [4.78, 5) is 18.3. The van der Waals surface area contributed by atoms with Gasteiger partial charge in [-0.3, -0.25) is 9.69 Å². The third kappa shape index (κ3) is 4.54. The van der Waals surface area contributed by atoms with Gasteiger partial charge in [-0.05, 0) is 38.3 Å². The maximum atomic E-state index is 12.1. The van der Waals surface area contributed by atoms with Gasteiger partial charge in [-0.15, -0.1) is 0 Å². The van der Waals surface area contributed by atoms with E-state index in [0.29, 0.717) is 40.9 Å². The lowest BCUT2D eigenvalue weighted by Crippen LogP contribution is -2.47. The highest BCUT2D eigenvalue weighted by Crippen LogP contribution is 2.23. The van der Waals surface area contributed by atoms with Crippen LogP contribution >= 0.6 is 23.2 Å². The normalized spacial score (nSPS) is 23.0. The van der Waals surface area contributed by atoms with Crippen LogP contribution in [-0.4, -0.2) is 41.5 Å². The number of carbonyl (C=O) groups excluding carboxylic acids is 1. The van der Waals surface area contributed by atoms with E-state index in [1.165, 1.54) is 6.20 Å². The number of aromatic nitrogens is 1. The number of nitrogens with zero attached hydrogens (tertiary/aromatic N) is 2. The number of halogens is 2. The van der Waals surface area contributed by atoms with E-state index in [2.05, 4.69) is 22.1 Å². The summed E-state index contributed by atoms with van der Waals surface area (Å²) in [7, 11) is 0. The fraction of sp³-hybridized carbons (Fsp3) is 0.571. The molecular weight excluding hydrogens is 311 g/mol. The predicted molar refractivity (Wildman–Crippen MR) is 85.7 cm³/mol. The maximum absolute atomic E-state index is 12.1. The largest absolute Gasteiger partial charge is 0.330 e. The minimum Gasteiger partial charge on any atom is -0.330 e. The van der Waals surface area contributed by atoms with Crippen LogP contribution in [0.2, 0.25) is 10.0 Å². The first-order chi connectivity index (χ1) is 9.99. The van der Waals surface area contributed by atoms with E-state index in [0.717, 1.165) is 19.4 Å². The lowest BCUT2D eigenvalue weighted by Gasteiger charge is -2.37. The van der Waals surface area contributed by atoms with Crippen LogP contribution in [0.4, 0.5) is 5.82 Å². The van der Waals surface area contributed by atoms with Gasteiger partial charge >= 0.3 is 0 Å². The molecule has 1 fully saturated rings. The number of amides is 1. The van der Waals surface area contributed by atoms with Gasteiger partial charge in [0, 0.05) is 18.8 Å². The highest BCUT2D eigenvalue weighted by atomic mass is 35.5. The summed E-state index contributed by atoms with van der Waals surface area (Å²) in [6.45, 7) is 3.97. The predicted octanol–water partition coefficient (Wildman–Crippen LogP) is 2.39. The zero-order valence-corrected chi connectivity index (χ0v) is 13.5. The van der Waals surface area contributed by atoms with Crippen LogP contribution in [0.1, 0.15) is 19.8 Å². The molecule has 0 spiro atoms. The van der Waals surface area contributed by atoms with Gasteiger partial charge in [0.1, 0.15) is 0 Å². The van der Waals surface area contributed by atoms with Crippen molar-refractivity contribution in [1.29, 1.82) is 0 Å². The third-order valence-electron chi connectivity index (χ3n) is 3.85. The van der Waals surface area contributed by atoms with Crippen molar-refractivity contribution in [1.82, 2.24) is 9.88 Å². The zero-order valence-electron chi connectivity index (χ0n) is 12.0. The number of hydrogen-bond acceptors (Lipinski definition) is 4. The van der Waals surface area contributed by atoms with Crippen LogP contribution in [0.3, 0.4) is 0 Å². The van der Waals surface area contributed by atoms with Crippen molar-refractivity contribution in [3.63, 3.8) is 0 Å². The van der Waals surface area contributed by atoms with E-state index in [9.17, 15) is 4.79 Å². The van der Waals surface area contributed by atoms with Crippen LogP contribution < -0.4 is 11.1 Å². The van der Waals surface area contributed by atoms with Crippen LogP contribution in [-0.2, 0) is 4.79 Å². The monoisotopic (exact) mass is 330 g/mol. The Labute approximate surface area is 134 Å². The van der Waals surface area contributed by atoms with E-state index < -0.39 is 0 Å². The molecule has 2 atom stereocenters. The van der Waals surface area contributed by atoms with Gasteiger partial charge in [0.05, 0.1) is 16.6 Å². The minimum atomic E-state index is -0.128. The standard InChI is InChI=1S/C14H20Cl2N4O/c1-9-2-3-10(5-17)7-20(9)8-13(21)19-14-12(16)4-11(15)6-18-14/h4,6,9-10H,2-3,5,7-8,17H2,1H3,(H,18,19,21). The summed E-state index contributed by atoms with van der Waals surface area (Å²) < 4.78 is 0. The number of likely N-dealkylation sites (tertiary alicyclic amines) is 1. The van der Waals surface area contributed by atoms with Crippen LogP contribution in [0.25, 0.3) is 0 Å². The second-order valence-electron chi connectivity index (χ2n) is 5.49. The van der Waals surface area contributed by atoms with Crippen LogP contribution in [0.5, 0.6) is 0 Å². The molecule has 1 saturated heterocycles. The quantitative estimate of drug-likeness (QED) is 0.889. The van der Waals surface area contributed by atoms with Crippen molar-refractivity contribution in [2.24, 2.45) is 11.7 Å². The highest BCUT2D eigenvalue weighted by Gasteiger charge is 2.26. The summed E-state index contributed by atoms with van der Waals surface area (Å²) in [6, 6.07) is 1.94. The van der Waals surface area contributed by atoms with Gasteiger partial charge < -0.3 is 11.1 Å². The lowest BCUT2D eigenvalue weighted by atomic mass is 9.93. The first-order valence-electron chi connectivity index (χ1n) is 7.04. The van der Waals surface area contributed by atoms with Crippen LogP contribution in [0, 0.1) is 5.92 Å². The number of hydrogen-bond donors (Lipinski definition) is 2. The van der Waals surface area contributed by atoms with Crippen LogP contribution in [0.15, 0.2) is 12.3 Å². The topological polar surface area (TPSA) is 71.2 Å². The molecule has 1 amide bonds. The van der Waals surface area contributed by atoms with Gasteiger partial charge in [-0.1, -0.05) is 23.2 Å². The molecule has 3 N–H and O–H groups in total. The molecule has 1 aliphatic rings. The molecule has 2 heterocycles. The van der Waals surface area contributed by atoms with Crippen molar-refractivity contribution in [3.05, 3.63) is 22.3 Å². The molecule has 116 valence electrons. The smallest absolute Gasteiger partial charge is 0.239 e. The Bertz CT molecular complexity index is 512. The van der Waals surface area contributed by atoms with Crippen molar-refractivity contribution in [3.8, 4) is 0 Å². The third-order valence-corrected chi connectivity index (χ3v) is 4.35. The maximum Gasteiger partial charge on any atom is 0.239 e. The Hall–Kier alpha value is -0.880. The van der Waals surface area contributed by atoms with Gasteiger partial charge in [0.25, 0.3) is 0 Å². The molecule has 21 heavy (non-hydrogen) atoms. The number of pyridine rings is 1. The molecule has 5 nitrogen and oxygen atoms in total. The van der Waals surface area contributed by atoms with Crippen molar-refractivity contribution in [2.45, 2.75) is 25.8 Å². The number of carbonyl (C=O) groups is 1. The lowest BCUT2D eigenvalue weighted by molar-refractivity contribution is -0.118. The average Bonchev–Trinajstić information content (AvgIpc) is 2.44. The Morgan fingerprint density at radius 2 is 2.29 bits per heavy atom. The minimum absolute atomic E-state index is 0.128. The van der Waals surface area contributed by atoms with Crippen molar-refractivity contribution >= 4 is 34.9 Å². The fourth-order valence-electron chi connectivity index (χ4n) is 2.54. The number of piperidine rings is 1. The molecule has 2 unspecified atom stereocenters. The summed E-state index contributed by atoms with van der Waals surface area (Å²) in [6.07, 6.45) is 3.65. The van der Waals surface area contributed by atoms with Gasteiger partial charge in [0.15, 0.2) is 5.82 Å². The summed E-state index contributed by atoms with van der Waals surface area (Å²) in [5.74, 6) is 0.675. The summed E-state index contributed by atoms with van der Waals surface area (Å²) in [5, 5.41) is 3.50. The average molecular weight is 331 g/mol. The van der Waals surface area contributed by atoms with E-state index in [-0.39, 0.29) is 5.91 Å². The number of nitrogens with two attached hydrogens (primary N) is 1. The Morgan fingerprint density at radius 3 is 2.95 bits per heavy atom. The fourth-order valence-corrected chi connectivity index (χ4v) is 2.97.